The van der Waals surface area contributed by atoms with Crippen LogP contribution in [0.2, 0.25) is 10.0 Å². The number of fused-ring (bicyclic) bond motifs is 1. The highest BCUT2D eigenvalue weighted by Gasteiger charge is 2.30. The van der Waals surface area contributed by atoms with E-state index in [1.807, 2.05) is 0 Å². The van der Waals surface area contributed by atoms with Gasteiger partial charge in [0.15, 0.2) is 5.82 Å². The van der Waals surface area contributed by atoms with Gasteiger partial charge < -0.3 is 9.47 Å². The highest BCUT2D eigenvalue weighted by Crippen LogP contribution is 2.27. The Balaban J connectivity index is 1.89. The first kappa shape index (κ1) is 16.3. The summed E-state index contributed by atoms with van der Waals surface area (Å²) in [7, 11) is 0. The second-order valence-electron chi connectivity index (χ2n) is 6.19. The zero-order chi connectivity index (χ0) is 16.7. The van der Waals surface area contributed by atoms with Gasteiger partial charge in [0.25, 0.3) is 5.91 Å². The summed E-state index contributed by atoms with van der Waals surface area (Å²) in [5.41, 5.74) is 0.492. The van der Waals surface area contributed by atoms with Gasteiger partial charge in [-0.1, -0.05) is 37.0 Å². The molecule has 1 atom stereocenters. The third-order valence-electron chi connectivity index (χ3n) is 3.96. The molecule has 0 aliphatic carbocycles. The van der Waals surface area contributed by atoms with Gasteiger partial charge in [0.2, 0.25) is 0 Å². The maximum Gasteiger partial charge on any atom is 0.254 e. The van der Waals surface area contributed by atoms with Crippen molar-refractivity contribution < 1.29 is 4.79 Å². The molecular weight excluding hydrogens is 335 g/mol. The maximum atomic E-state index is 12.8. The molecule has 1 amide bonds. The van der Waals surface area contributed by atoms with E-state index in [0.29, 0.717) is 34.6 Å². The Morgan fingerprint density at radius 1 is 1.22 bits per heavy atom. The fourth-order valence-electron chi connectivity index (χ4n) is 2.97. The Hall–Kier alpha value is -1.59. The van der Waals surface area contributed by atoms with Crippen LogP contribution < -0.4 is 0 Å². The van der Waals surface area contributed by atoms with Crippen LogP contribution in [0.25, 0.3) is 0 Å². The van der Waals surface area contributed by atoms with E-state index in [2.05, 4.69) is 35.5 Å². The van der Waals surface area contributed by atoms with Crippen molar-refractivity contribution in [3.05, 3.63) is 45.5 Å². The van der Waals surface area contributed by atoms with E-state index in [1.54, 1.807) is 23.1 Å². The van der Waals surface area contributed by atoms with Crippen molar-refractivity contribution in [2.24, 2.45) is 0 Å². The Morgan fingerprint density at radius 2 is 1.87 bits per heavy atom. The van der Waals surface area contributed by atoms with Gasteiger partial charge in [-0.25, -0.2) is 0 Å². The lowest BCUT2D eigenvalue weighted by atomic mass is 10.1. The van der Waals surface area contributed by atoms with E-state index < -0.39 is 0 Å². The molecule has 1 aliphatic heterocycles. The third-order valence-corrected chi connectivity index (χ3v) is 4.40. The first-order valence-electron chi connectivity index (χ1n) is 7.56. The molecule has 0 fully saturated rings. The number of aromatic nitrogens is 3. The molecule has 0 spiro atoms. The van der Waals surface area contributed by atoms with Crippen LogP contribution >= 0.6 is 23.2 Å². The fourth-order valence-corrected chi connectivity index (χ4v) is 3.50. The number of carbonyl (C=O) groups excluding carboxylic acids is 1. The van der Waals surface area contributed by atoms with Crippen LogP contribution in [0.15, 0.2) is 18.2 Å². The second-order valence-corrected chi connectivity index (χ2v) is 7.06. The molecule has 1 aliphatic rings. The summed E-state index contributed by atoms with van der Waals surface area (Å²) in [6, 6.07) is 5.02. The number of carbonyl (C=O) groups is 1. The molecule has 122 valence electrons. The van der Waals surface area contributed by atoms with E-state index in [4.69, 9.17) is 23.2 Å². The molecule has 7 heteroatoms. The van der Waals surface area contributed by atoms with Crippen LogP contribution in [0.3, 0.4) is 0 Å². The second kappa shape index (κ2) is 6.13. The van der Waals surface area contributed by atoms with Crippen LogP contribution in [-0.4, -0.2) is 32.1 Å². The average Bonchev–Trinajstić information content (AvgIpc) is 2.90. The lowest BCUT2D eigenvalue weighted by Crippen LogP contribution is -2.40. The minimum Gasteiger partial charge on any atom is -0.329 e. The van der Waals surface area contributed by atoms with Gasteiger partial charge in [-0.3, -0.25) is 4.79 Å². The molecule has 23 heavy (non-hydrogen) atoms. The molecule has 3 rings (SSSR count). The van der Waals surface area contributed by atoms with Crippen molar-refractivity contribution in [1.82, 2.24) is 19.7 Å². The highest BCUT2D eigenvalue weighted by atomic mass is 35.5. The molecule has 0 bridgehead atoms. The van der Waals surface area contributed by atoms with Crippen LogP contribution in [0.1, 0.15) is 54.7 Å². The van der Waals surface area contributed by atoms with Crippen LogP contribution in [0.4, 0.5) is 0 Å². The van der Waals surface area contributed by atoms with Gasteiger partial charge in [0.1, 0.15) is 5.82 Å². The lowest BCUT2D eigenvalue weighted by Gasteiger charge is -2.33. The molecule has 0 saturated carbocycles. The van der Waals surface area contributed by atoms with Crippen LogP contribution in [0, 0.1) is 0 Å². The van der Waals surface area contributed by atoms with Gasteiger partial charge in [-0.05, 0) is 25.1 Å². The zero-order valence-electron chi connectivity index (χ0n) is 13.3. The number of nitrogens with zero attached hydrogens (tertiary/aromatic N) is 4. The standard InChI is InChI=1S/C16H18Cl2N4O/c1-9(2)15-20-19-14-8-21(7-10(3)22(14)15)16(23)11-4-12(17)6-13(18)5-11/h4-6,9-10H,7-8H2,1-3H3/t10-/m0/s1. The highest BCUT2D eigenvalue weighted by molar-refractivity contribution is 6.35. The Kier molecular flexibility index (Phi) is 4.34. The SMILES string of the molecule is CC(C)c1nnc2n1[C@@H](C)CN(C(=O)c1cc(Cl)cc(Cl)c1)C2. The molecule has 1 aromatic carbocycles. The van der Waals surface area contributed by atoms with Crippen molar-refractivity contribution >= 4 is 29.1 Å². The summed E-state index contributed by atoms with van der Waals surface area (Å²) in [6.45, 7) is 7.30. The normalized spacial score (nSPS) is 17.5. The number of amides is 1. The molecule has 0 saturated heterocycles. The molecule has 2 heterocycles. The van der Waals surface area contributed by atoms with Gasteiger partial charge in [-0.15, -0.1) is 10.2 Å². The van der Waals surface area contributed by atoms with Crippen molar-refractivity contribution in [3.8, 4) is 0 Å². The van der Waals surface area contributed by atoms with E-state index in [9.17, 15) is 4.79 Å². The molecular formula is C16H18Cl2N4O. The van der Waals surface area contributed by atoms with Gasteiger partial charge in [-0.2, -0.15) is 0 Å². The van der Waals surface area contributed by atoms with Crippen LogP contribution in [0.5, 0.6) is 0 Å². The average molecular weight is 353 g/mol. The van der Waals surface area contributed by atoms with E-state index in [0.717, 1.165) is 11.6 Å². The third kappa shape index (κ3) is 3.08. The van der Waals surface area contributed by atoms with Crippen LogP contribution in [-0.2, 0) is 6.54 Å². The van der Waals surface area contributed by atoms with Gasteiger partial charge in [0.05, 0.1) is 12.6 Å². The Labute approximate surface area is 145 Å². The quantitative estimate of drug-likeness (QED) is 0.822. The smallest absolute Gasteiger partial charge is 0.254 e. The van der Waals surface area contributed by atoms with E-state index >= 15 is 0 Å². The minimum absolute atomic E-state index is 0.0957. The maximum absolute atomic E-state index is 12.8. The molecule has 5 nitrogen and oxygen atoms in total. The molecule has 0 radical (unpaired) electrons. The lowest BCUT2D eigenvalue weighted by molar-refractivity contribution is 0.0679. The van der Waals surface area contributed by atoms with Crippen molar-refractivity contribution in [1.29, 1.82) is 0 Å². The predicted octanol–water partition coefficient (Wildman–Crippen LogP) is 3.93. The van der Waals surface area contributed by atoms with Crippen molar-refractivity contribution in [3.63, 3.8) is 0 Å². The first-order valence-corrected chi connectivity index (χ1v) is 8.31. The number of benzene rings is 1. The number of halogens is 2. The van der Waals surface area contributed by atoms with Gasteiger partial charge in [0, 0.05) is 28.1 Å². The van der Waals surface area contributed by atoms with Crippen molar-refractivity contribution in [2.45, 2.75) is 39.3 Å². The topological polar surface area (TPSA) is 51.0 Å². The number of hydrogen-bond donors (Lipinski definition) is 0. The van der Waals surface area contributed by atoms with Gasteiger partial charge >= 0.3 is 0 Å². The Bertz CT molecular complexity index is 736. The van der Waals surface area contributed by atoms with Crippen molar-refractivity contribution in [2.75, 3.05) is 6.54 Å². The molecule has 1 aromatic heterocycles. The summed E-state index contributed by atoms with van der Waals surface area (Å²) in [5.74, 6) is 1.98. The number of hydrogen-bond acceptors (Lipinski definition) is 3. The summed E-state index contributed by atoms with van der Waals surface area (Å²) in [5, 5.41) is 9.44. The van der Waals surface area contributed by atoms with E-state index in [1.165, 1.54) is 0 Å². The summed E-state index contributed by atoms with van der Waals surface area (Å²) in [6.07, 6.45) is 0. The van der Waals surface area contributed by atoms with E-state index in [-0.39, 0.29) is 11.9 Å². The molecule has 0 unspecified atom stereocenters. The predicted molar refractivity (Wildman–Crippen MR) is 90.0 cm³/mol. The molecule has 0 N–H and O–H groups in total. The number of rotatable bonds is 2. The first-order chi connectivity index (χ1) is 10.9. The fraction of sp³-hybridized carbons (Fsp3) is 0.438. The zero-order valence-corrected chi connectivity index (χ0v) is 14.8. The Morgan fingerprint density at radius 3 is 2.48 bits per heavy atom. The summed E-state index contributed by atoms with van der Waals surface area (Å²) < 4.78 is 2.14. The largest absolute Gasteiger partial charge is 0.329 e. The monoisotopic (exact) mass is 352 g/mol. The minimum atomic E-state index is -0.0957. The summed E-state index contributed by atoms with van der Waals surface area (Å²) in [4.78, 5) is 14.5. The summed E-state index contributed by atoms with van der Waals surface area (Å²) >= 11 is 12.0. The molecule has 2 aromatic rings.